The number of hydrogen-bond acceptors (Lipinski definition) is 3. The van der Waals surface area contributed by atoms with Gasteiger partial charge in [0, 0.05) is 31.9 Å². The number of halogens is 1. The van der Waals surface area contributed by atoms with Crippen LogP contribution in [0.5, 0.6) is 0 Å². The average Bonchev–Trinajstić information content (AvgIpc) is 2.49. The van der Waals surface area contributed by atoms with Gasteiger partial charge in [-0.15, -0.1) is 0 Å². The van der Waals surface area contributed by atoms with Crippen LogP contribution in [0.15, 0.2) is 12.1 Å². The van der Waals surface area contributed by atoms with Crippen LogP contribution in [-0.2, 0) is 4.74 Å². The maximum atomic E-state index is 14.0. The van der Waals surface area contributed by atoms with Crippen molar-refractivity contribution in [2.45, 2.75) is 39.3 Å². The molecule has 3 atom stereocenters. The summed E-state index contributed by atoms with van der Waals surface area (Å²) in [6.07, 6.45) is 1.34. The monoisotopic (exact) mass is 294 g/mol. The summed E-state index contributed by atoms with van der Waals surface area (Å²) < 4.78 is 19.6. The van der Waals surface area contributed by atoms with Crippen LogP contribution in [0.3, 0.4) is 0 Å². The molecule has 1 aromatic carbocycles. The van der Waals surface area contributed by atoms with Crippen LogP contribution in [0.2, 0.25) is 0 Å². The highest BCUT2D eigenvalue weighted by molar-refractivity contribution is 5.57. The Morgan fingerprint density at radius 3 is 2.76 bits per heavy atom. The number of benzene rings is 1. The van der Waals surface area contributed by atoms with Crippen LogP contribution < -0.4 is 10.2 Å². The molecule has 1 fully saturated rings. The van der Waals surface area contributed by atoms with Crippen molar-refractivity contribution in [3.05, 3.63) is 29.1 Å². The normalized spacial score (nSPS) is 24.2. The molecule has 1 saturated heterocycles. The summed E-state index contributed by atoms with van der Waals surface area (Å²) in [5.41, 5.74) is 2.85. The van der Waals surface area contributed by atoms with Gasteiger partial charge in [0.05, 0.1) is 6.10 Å². The molecule has 1 aliphatic rings. The largest absolute Gasteiger partial charge is 0.379 e. The lowest BCUT2D eigenvalue weighted by Crippen LogP contribution is -2.44. The molecule has 21 heavy (non-hydrogen) atoms. The summed E-state index contributed by atoms with van der Waals surface area (Å²) >= 11 is 0. The minimum absolute atomic E-state index is 0.121. The van der Waals surface area contributed by atoms with Crippen molar-refractivity contribution in [1.29, 1.82) is 0 Å². The maximum absolute atomic E-state index is 14.0. The van der Waals surface area contributed by atoms with Crippen molar-refractivity contribution in [2.24, 2.45) is 5.92 Å². The van der Waals surface area contributed by atoms with Crippen molar-refractivity contribution < 1.29 is 9.13 Å². The summed E-state index contributed by atoms with van der Waals surface area (Å²) in [5, 5.41) is 3.22. The Labute approximate surface area is 127 Å². The van der Waals surface area contributed by atoms with E-state index in [4.69, 9.17) is 4.74 Å². The predicted octanol–water partition coefficient (Wildman–Crippen LogP) is 3.28. The van der Waals surface area contributed by atoms with Crippen LogP contribution in [0.4, 0.5) is 10.1 Å². The Balaban J connectivity index is 2.35. The number of hydrogen-bond donors (Lipinski definition) is 1. The highest BCUT2D eigenvalue weighted by Crippen LogP contribution is 2.32. The zero-order valence-corrected chi connectivity index (χ0v) is 13.7. The molecule has 0 bridgehead atoms. The first-order valence-electron chi connectivity index (χ1n) is 7.73. The van der Waals surface area contributed by atoms with Gasteiger partial charge in [-0.3, -0.25) is 0 Å². The molecule has 0 aromatic heterocycles. The number of nitrogens with one attached hydrogen (secondary N) is 1. The zero-order valence-electron chi connectivity index (χ0n) is 13.7. The molecule has 0 spiro atoms. The first-order valence-corrected chi connectivity index (χ1v) is 7.73. The Hall–Kier alpha value is -1.13. The smallest absolute Gasteiger partial charge is 0.126 e. The molecule has 3 unspecified atom stereocenters. The van der Waals surface area contributed by atoms with Gasteiger partial charge in [-0.25, -0.2) is 4.39 Å². The number of rotatable bonds is 4. The van der Waals surface area contributed by atoms with Gasteiger partial charge in [-0.2, -0.15) is 0 Å². The number of nitrogens with zero attached hydrogens (tertiary/aromatic N) is 1. The second kappa shape index (κ2) is 6.75. The van der Waals surface area contributed by atoms with E-state index in [2.05, 4.69) is 24.1 Å². The average molecular weight is 294 g/mol. The molecule has 3 nitrogen and oxygen atoms in total. The predicted molar refractivity (Wildman–Crippen MR) is 85.4 cm³/mol. The third kappa shape index (κ3) is 3.38. The third-order valence-electron chi connectivity index (χ3n) is 4.74. The Kier molecular flexibility index (Phi) is 5.22. The van der Waals surface area contributed by atoms with Crippen molar-refractivity contribution >= 4 is 5.69 Å². The molecule has 0 saturated carbocycles. The number of ether oxygens (including phenoxy) is 1. The minimum Gasteiger partial charge on any atom is -0.379 e. The first-order chi connectivity index (χ1) is 9.97. The lowest BCUT2D eigenvalue weighted by Gasteiger charge is -2.39. The SMILES string of the molecule is CNC(C)c1cc(F)c(C)cc1N1CCC(C)C(OC)C1. The molecule has 118 valence electrons. The lowest BCUT2D eigenvalue weighted by atomic mass is 9.93. The molecule has 1 aromatic rings. The molecular formula is C17H27FN2O. The van der Waals surface area contributed by atoms with Gasteiger partial charge in [0.2, 0.25) is 0 Å². The van der Waals surface area contributed by atoms with Crippen molar-refractivity contribution in [1.82, 2.24) is 5.32 Å². The quantitative estimate of drug-likeness (QED) is 0.922. The molecule has 1 aliphatic heterocycles. The topological polar surface area (TPSA) is 24.5 Å². The lowest BCUT2D eigenvalue weighted by molar-refractivity contribution is 0.0498. The number of piperidine rings is 1. The van der Waals surface area contributed by atoms with E-state index >= 15 is 0 Å². The maximum Gasteiger partial charge on any atom is 0.126 e. The molecule has 2 rings (SSSR count). The van der Waals surface area contributed by atoms with Gasteiger partial charge >= 0.3 is 0 Å². The molecule has 0 aliphatic carbocycles. The van der Waals surface area contributed by atoms with E-state index in [0.29, 0.717) is 11.5 Å². The van der Waals surface area contributed by atoms with Crippen LogP contribution in [0.25, 0.3) is 0 Å². The van der Waals surface area contributed by atoms with Crippen LogP contribution in [0.1, 0.15) is 37.4 Å². The number of anilines is 1. The summed E-state index contributed by atoms with van der Waals surface area (Å²) in [4.78, 5) is 2.34. The van der Waals surface area contributed by atoms with Gasteiger partial charge in [-0.05, 0) is 56.5 Å². The fraction of sp³-hybridized carbons (Fsp3) is 0.647. The summed E-state index contributed by atoms with van der Waals surface area (Å²) in [5.74, 6) is 0.433. The second-order valence-electron chi connectivity index (χ2n) is 6.16. The van der Waals surface area contributed by atoms with Crippen molar-refractivity contribution in [3.8, 4) is 0 Å². The van der Waals surface area contributed by atoms with Crippen molar-refractivity contribution in [2.75, 3.05) is 32.1 Å². The molecule has 1 heterocycles. The number of methoxy groups -OCH3 is 1. The Morgan fingerprint density at radius 1 is 1.43 bits per heavy atom. The van der Waals surface area contributed by atoms with Crippen LogP contribution >= 0.6 is 0 Å². The van der Waals surface area contributed by atoms with Gasteiger partial charge < -0.3 is 15.0 Å². The van der Waals surface area contributed by atoms with Crippen LogP contribution in [0, 0.1) is 18.7 Å². The Bertz CT molecular complexity index is 492. The number of aryl methyl sites for hydroxylation is 1. The highest BCUT2D eigenvalue weighted by atomic mass is 19.1. The molecule has 0 radical (unpaired) electrons. The molecule has 0 amide bonds. The summed E-state index contributed by atoms with van der Waals surface area (Å²) in [6, 6.07) is 3.77. The van der Waals surface area contributed by atoms with E-state index in [9.17, 15) is 4.39 Å². The van der Waals surface area contributed by atoms with E-state index in [0.717, 1.165) is 30.8 Å². The van der Waals surface area contributed by atoms with E-state index in [1.807, 2.05) is 20.0 Å². The molecule has 1 N–H and O–H groups in total. The molecular weight excluding hydrogens is 267 g/mol. The second-order valence-corrected chi connectivity index (χ2v) is 6.16. The van der Waals surface area contributed by atoms with Gasteiger partial charge in [0.1, 0.15) is 5.82 Å². The fourth-order valence-electron chi connectivity index (χ4n) is 3.02. The standard InChI is InChI=1S/C17H27FN2O/c1-11-6-7-20(10-17(11)21-5)16-8-12(2)15(18)9-14(16)13(3)19-4/h8-9,11,13,17,19H,6-7,10H2,1-5H3. The van der Waals surface area contributed by atoms with Crippen molar-refractivity contribution in [3.63, 3.8) is 0 Å². The fourth-order valence-corrected chi connectivity index (χ4v) is 3.02. The van der Waals surface area contributed by atoms with Gasteiger partial charge in [0.15, 0.2) is 0 Å². The van der Waals surface area contributed by atoms with Gasteiger partial charge in [-0.1, -0.05) is 6.92 Å². The first kappa shape index (κ1) is 16.2. The van der Waals surface area contributed by atoms with E-state index in [1.165, 1.54) is 0 Å². The Morgan fingerprint density at radius 2 is 2.14 bits per heavy atom. The molecule has 4 heteroatoms. The van der Waals surface area contributed by atoms with Gasteiger partial charge in [0.25, 0.3) is 0 Å². The van der Waals surface area contributed by atoms with E-state index in [-0.39, 0.29) is 18.0 Å². The zero-order chi connectivity index (χ0) is 15.6. The van der Waals surface area contributed by atoms with E-state index < -0.39 is 0 Å². The summed E-state index contributed by atoms with van der Waals surface area (Å²) in [7, 11) is 3.68. The van der Waals surface area contributed by atoms with E-state index in [1.54, 1.807) is 13.2 Å². The third-order valence-corrected chi connectivity index (χ3v) is 4.74. The minimum atomic E-state index is -0.135. The summed E-state index contributed by atoms with van der Waals surface area (Å²) in [6.45, 7) is 7.99. The highest BCUT2D eigenvalue weighted by Gasteiger charge is 2.28. The van der Waals surface area contributed by atoms with Crippen LogP contribution in [-0.4, -0.2) is 33.4 Å².